The quantitative estimate of drug-likeness (QED) is 0.813. The largest absolute Gasteiger partial charge is 0.354 e. The van der Waals surface area contributed by atoms with Crippen LogP contribution in [-0.2, 0) is 13.0 Å². The van der Waals surface area contributed by atoms with Crippen molar-refractivity contribution in [3.63, 3.8) is 0 Å². The van der Waals surface area contributed by atoms with Crippen LogP contribution in [0.15, 0.2) is 24.4 Å². The van der Waals surface area contributed by atoms with E-state index in [1.54, 1.807) is 0 Å². The van der Waals surface area contributed by atoms with Crippen molar-refractivity contribution >= 4 is 5.82 Å². The van der Waals surface area contributed by atoms with Crippen molar-refractivity contribution < 1.29 is 0 Å². The van der Waals surface area contributed by atoms with Gasteiger partial charge in [-0.3, -0.25) is 9.88 Å². The van der Waals surface area contributed by atoms with Gasteiger partial charge in [-0.15, -0.1) is 0 Å². The van der Waals surface area contributed by atoms with E-state index in [9.17, 15) is 0 Å². The van der Waals surface area contributed by atoms with Gasteiger partial charge in [0.1, 0.15) is 11.6 Å². The number of nitrogens with zero attached hydrogens (tertiary/aromatic N) is 6. The lowest BCUT2D eigenvalue weighted by atomic mass is 9.91. The van der Waals surface area contributed by atoms with E-state index in [4.69, 9.17) is 15.0 Å². The van der Waals surface area contributed by atoms with Gasteiger partial charge in [-0.05, 0) is 58.8 Å². The van der Waals surface area contributed by atoms with Crippen LogP contribution in [-0.4, -0.2) is 64.5 Å². The van der Waals surface area contributed by atoms with Gasteiger partial charge in [-0.2, -0.15) is 0 Å². The summed E-state index contributed by atoms with van der Waals surface area (Å²) in [4.78, 5) is 21.4. The minimum absolute atomic E-state index is 0.368. The number of piperazine rings is 1. The van der Waals surface area contributed by atoms with E-state index < -0.39 is 0 Å². The number of rotatable bonds is 4. The lowest BCUT2D eigenvalue weighted by Crippen LogP contribution is -2.50. The lowest BCUT2D eigenvalue weighted by Gasteiger charge is -2.38. The van der Waals surface area contributed by atoms with Crippen molar-refractivity contribution in [3.05, 3.63) is 47.2 Å². The molecule has 6 nitrogen and oxygen atoms in total. The van der Waals surface area contributed by atoms with E-state index in [0.29, 0.717) is 12.1 Å². The van der Waals surface area contributed by atoms with Crippen LogP contribution in [0.4, 0.5) is 5.82 Å². The highest BCUT2D eigenvalue weighted by Gasteiger charge is 2.26. The average Bonchev–Trinajstić information content (AvgIpc) is 2.69. The molecule has 2 aromatic heterocycles. The summed E-state index contributed by atoms with van der Waals surface area (Å²) in [6, 6.07) is 7.37. The van der Waals surface area contributed by atoms with Gasteiger partial charge in [0.25, 0.3) is 0 Å². The smallest absolute Gasteiger partial charge is 0.132 e. The maximum absolute atomic E-state index is 4.74. The second-order valence-electron chi connectivity index (χ2n) is 8.41. The number of aryl methyl sites for hydroxylation is 2. The van der Waals surface area contributed by atoms with Crippen LogP contribution in [0.25, 0.3) is 0 Å². The van der Waals surface area contributed by atoms with E-state index >= 15 is 0 Å². The zero-order valence-electron chi connectivity index (χ0n) is 17.6. The fraction of sp³-hybridized carbons (Fsp3) is 0.591. The van der Waals surface area contributed by atoms with Crippen molar-refractivity contribution in [3.8, 4) is 0 Å². The van der Waals surface area contributed by atoms with Crippen LogP contribution >= 0.6 is 0 Å². The first-order chi connectivity index (χ1) is 13.5. The molecule has 0 radical (unpaired) electrons. The summed E-state index contributed by atoms with van der Waals surface area (Å²) in [5.74, 6) is 1.92. The fourth-order valence-electron chi connectivity index (χ4n) is 4.49. The molecule has 0 amide bonds. The van der Waals surface area contributed by atoms with E-state index in [1.807, 2.05) is 13.1 Å². The molecule has 1 saturated heterocycles. The number of hydrogen-bond donors (Lipinski definition) is 0. The SMILES string of the molecule is Cc1nc(CN(C)[C@H]2CCCc3cccnc32)cc(N2CCN(C)[C@@H](C)C2)n1. The lowest BCUT2D eigenvalue weighted by molar-refractivity contribution is 0.206. The van der Waals surface area contributed by atoms with Crippen LogP contribution in [0, 0.1) is 6.92 Å². The molecule has 2 aromatic rings. The van der Waals surface area contributed by atoms with Crippen LogP contribution in [0.3, 0.4) is 0 Å². The molecule has 28 heavy (non-hydrogen) atoms. The van der Waals surface area contributed by atoms with Crippen molar-refractivity contribution in [2.24, 2.45) is 0 Å². The van der Waals surface area contributed by atoms with Gasteiger partial charge in [0.2, 0.25) is 0 Å². The Hall–Kier alpha value is -2.05. The molecule has 2 aliphatic rings. The van der Waals surface area contributed by atoms with Crippen molar-refractivity contribution in [1.82, 2.24) is 24.8 Å². The molecule has 0 bridgehead atoms. The van der Waals surface area contributed by atoms with Gasteiger partial charge in [-0.1, -0.05) is 6.07 Å². The number of likely N-dealkylation sites (N-methyl/N-ethyl adjacent to an activating group) is 1. The molecule has 4 rings (SSSR count). The Morgan fingerprint density at radius 3 is 2.93 bits per heavy atom. The number of aromatic nitrogens is 3. The molecule has 3 heterocycles. The molecule has 1 aliphatic heterocycles. The second-order valence-corrected chi connectivity index (χ2v) is 8.41. The zero-order valence-corrected chi connectivity index (χ0v) is 17.6. The molecule has 2 atom stereocenters. The first-order valence-electron chi connectivity index (χ1n) is 10.4. The Morgan fingerprint density at radius 2 is 2.11 bits per heavy atom. The van der Waals surface area contributed by atoms with Gasteiger partial charge < -0.3 is 9.80 Å². The summed E-state index contributed by atoms with van der Waals surface area (Å²) in [6.45, 7) is 8.21. The molecule has 0 saturated carbocycles. The minimum atomic E-state index is 0.368. The molecule has 0 spiro atoms. The van der Waals surface area contributed by atoms with E-state index in [1.165, 1.54) is 17.7 Å². The van der Waals surface area contributed by atoms with Crippen molar-refractivity contribution in [2.45, 2.75) is 51.7 Å². The highest BCUT2D eigenvalue weighted by atomic mass is 15.3. The minimum Gasteiger partial charge on any atom is -0.354 e. The molecule has 0 unspecified atom stereocenters. The molecular weight excluding hydrogens is 348 g/mol. The average molecular weight is 381 g/mol. The first kappa shape index (κ1) is 19.3. The highest BCUT2D eigenvalue weighted by Crippen LogP contribution is 2.32. The maximum atomic E-state index is 4.74. The summed E-state index contributed by atoms with van der Waals surface area (Å²) >= 11 is 0. The second kappa shape index (κ2) is 8.13. The van der Waals surface area contributed by atoms with Crippen LogP contribution in [0.1, 0.15) is 48.6 Å². The summed E-state index contributed by atoms with van der Waals surface area (Å²) in [5.41, 5.74) is 3.74. The third-order valence-electron chi connectivity index (χ3n) is 6.27. The summed E-state index contributed by atoms with van der Waals surface area (Å²) in [5, 5.41) is 0. The Kier molecular flexibility index (Phi) is 5.60. The predicted octanol–water partition coefficient (Wildman–Crippen LogP) is 2.83. The van der Waals surface area contributed by atoms with Gasteiger partial charge in [0, 0.05) is 44.5 Å². The zero-order chi connectivity index (χ0) is 19.7. The highest BCUT2D eigenvalue weighted by molar-refractivity contribution is 5.41. The predicted molar refractivity (Wildman–Crippen MR) is 112 cm³/mol. The molecule has 1 fully saturated rings. The molecule has 150 valence electrons. The number of anilines is 1. The Morgan fingerprint density at radius 1 is 1.25 bits per heavy atom. The van der Waals surface area contributed by atoms with Crippen molar-refractivity contribution in [1.29, 1.82) is 0 Å². The van der Waals surface area contributed by atoms with E-state index in [0.717, 1.165) is 56.4 Å². The fourth-order valence-corrected chi connectivity index (χ4v) is 4.49. The molecular formula is C22H32N6. The summed E-state index contributed by atoms with van der Waals surface area (Å²) < 4.78 is 0. The molecule has 6 heteroatoms. The normalized spacial score (nSPS) is 23.1. The maximum Gasteiger partial charge on any atom is 0.132 e. The van der Waals surface area contributed by atoms with E-state index in [2.05, 4.69) is 53.9 Å². The Balaban J connectivity index is 1.52. The third-order valence-corrected chi connectivity index (χ3v) is 6.27. The molecule has 1 aliphatic carbocycles. The van der Waals surface area contributed by atoms with Gasteiger partial charge in [0.15, 0.2) is 0 Å². The number of hydrogen-bond acceptors (Lipinski definition) is 6. The van der Waals surface area contributed by atoms with Crippen LogP contribution < -0.4 is 4.90 Å². The van der Waals surface area contributed by atoms with Gasteiger partial charge in [-0.25, -0.2) is 9.97 Å². The standard InChI is InChI=1S/C22H32N6/c1-16-14-28(12-11-26(16)3)21-13-19(24-17(2)25-21)15-27(4)20-9-5-7-18-8-6-10-23-22(18)20/h6,8,10,13,16,20H,5,7,9,11-12,14-15H2,1-4H3/t16-,20-/m0/s1. The Labute approximate surface area is 168 Å². The molecule has 0 N–H and O–H groups in total. The van der Waals surface area contributed by atoms with Gasteiger partial charge in [0.05, 0.1) is 17.4 Å². The summed E-state index contributed by atoms with van der Waals surface area (Å²) in [6.07, 6.45) is 5.45. The van der Waals surface area contributed by atoms with Crippen molar-refractivity contribution in [2.75, 3.05) is 38.6 Å². The molecule has 0 aromatic carbocycles. The number of fused-ring (bicyclic) bond motifs is 1. The summed E-state index contributed by atoms with van der Waals surface area (Å²) in [7, 11) is 4.40. The van der Waals surface area contributed by atoms with E-state index in [-0.39, 0.29) is 0 Å². The van der Waals surface area contributed by atoms with Crippen LogP contribution in [0.5, 0.6) is 0 Å². The number of pyridine rings is 1. The first-order valence-corrected chi connectivity index (χ1v) is 10.4. The van der Waals surface area contributed by atoms with Crippen LogP contribution in [0.2, 0.25) is 0 Å². The topological polar surface area (TPSA) is 48.4 Å². The monoisotopic (exact) mass is 380 g/mol. The van der Waals surface area contributed by atoms with Gasteiger partial charge >= 0.3 is 0 Å². The third kappa shape index (κ3) is 4.03. The Bertz CT molecular complexity index is 822.